The molecule has 0 aliphatic carbocycles. The lowest BCUT2D eigenvalue weighted by molar-refractivity contribution is 0.590. The van der Waals surface area contributed by atoms with E-state index < -0.39 is 0 Å². The number of rotatable bonds is 6. The van der Waals surface area contributed by atoms with Gasteiger partial charge in [-0.3, -0.25) is 0 Å². The lowest BCUT2D eigenvalue weighted by atomic mass is 10.0. The van der Waals surface area contributed by atoms with Crippen molar-refractivity contribution < 1.29 is 0 Å². The molecule has 0 atom stereocenters. The summed E-state index contributed by atoms with van der Waals surface area (Å²) in [6.45, 7) is 9.78. The maximum atomic E-state index is 4.73. The van der Waals surface area contributed by atoms with E-state index in [2.05, 4.69) is 62.7 Å². The van der Waals surface area contributed by atoms with Crippen LogP contribution < -0.4 is 5.32 Å². The van der Waals surface area contributed by atoms with Gasteiger partial charge >= 0.3 is 0 Å². The number of aromatic nitrogens is 1. The minimum atomic E-state index is 0.540. The zero-order valence-electron chi connectivity index (χ0n) is 12.8. The summed E-state index contributed by atoms with van der Waals surface area (Å²) in [5, 5.41) is 6.80. The first-order valence-corrected chi connectivity index (χ1v) is 8.22. The van der Waals surface area contributed by atoms with Gasteiger partial charge in [-0.15, -0.1) is 11.3 Å². The lowest BCUT2D eigenvalue weighted by Crippen LogP contribution is -2.24. The van der Waals surface area contributed by atoms with E-state index in [1.54, 1.807) is 11.3 Å². The molecule has 0 bridgehead atoms. The van der Waals surface area contributed by atoms with Gasteiger partial charge in [-0.25, -0.2) is 4.98 Å². The standard InChI is InChI=1S/C17H24N2S/c1-12(2)14-5-7-15(8-6-14)16-11-20-17(19-16)9-10-18-13(3)4/h5-8,11-13,18H,9-10H2,1-4H3. The van der Waals surface area contributed by atoms with Crippen LogP contribution in [0, 0.1) is 0 Å². The Morgan fingerprint density at radius 3 is 2.40 bits per heavy atom. The molecule has 0 spiro atoms. The topological polar surface area (TPSA) is 24.9 Å². The van der Waals surface area contributed by atoms with E-state index in [-0.39, 0.29) is 0 Å². The molecule has 20 heavy (non-hydrogen) atoms. The molecule has 0 aliphatic rings. The quantitative estimate of drug-likeness (QED) is 0.848. The van der Waals surface area contributed by atoms with Crippen molar-refractivity contribution in [2.45, 2.75) is 46.1 Å². The molecule has 108 valence electrons. The van der Waals surface area contributed by atoms with Crippen LogP contribution in [-0.2, 0) is 6.42 Å². The summed E-state index contributed by atoms with van der Waals surface area (Å²) in [6.07, 6.45) is 1.01. The highest BCUT2D eigenvalue weighted by molar-refractivity contribution is 7.09. The molecule has 0 saturated heterocycles. The Hall–Kier alpha value is -1.19. The number of thiazole rings is 1. The number of hydrogen-bond acceptors (Lipinski definition) is 3. The van der Waals surface area contributed by atoms with Crippen LogP contribution in [0.25, 0.3) is 11.3 Å². The molecule has 1 aromatic carbocycles. The van der Waals surface area contributed by atoms with E-state index >= 15 is 0 Å². The van der Waals surface area contributed by atoms with E-state index in [1.807, 2.05) is 0 Å². The number of nitrogens with one attached hydrogen (secondary N) is 1. The zero-order chi connectivity index (χ0) is 14.5. The molecule has 0 amide bonds. The third-order valence-electron chi connectivity index (χ3n) is 3.32. The molecular weight excluding hydrogens is 264 g/mol. The molecule has 2 aromatic rings. The van der Waals surface area contributed by atoms with Crippen molar-refractivity contribution in [2.24, 2.45) is 0 Å². The lowest BCUT2D eigenvalue weighted by Gasteiger charge is -2.06. The molecule has 0 fully saturated rings. The summed E-state index contributed by atoms with van der Waals surface area (Å²) in [5.41, 5.74) is 3.70. The van der Waals surface area contributed by atoms with E-state index in [0.29, 0.717) is 12.0 Å². The van der Waals surface area contributed by atoms with Crippen molar-refractivity contribution in [3.05, 3.63) is 40.2 Å². The van der Waals surface area contributed by atoms with Crippen molar-refractivity contribution in [3.63, 3.8) is 0 Å². The van der Waals surface area contributed by atoms with Gasteiger partial charge in [-0.1, -0.05) is 52.0 Å². The van der Waals surface area contributed by atoms with Crippen LogP contribution in [0.4, 0.5) is 0 Å². The second-order valence-corrected chi connectivity index (χ2v) is 6.70. The van der Waals surface area contributed by atoms with Crippen LogP contribution in [0.2, 0.25) is 0 Å². The molecule has 1 aromatic heterocycles. The summed E-state index contributed by atoms with van der Waals surface area (Å²) >= 11 is 1.76. The molecule has 2 rings (SSSR count). The zero-order valence-corrected chi connectivity index (χ0v) is 13.6. The van der Waals surface area contributed by atoms with Crippen molar-refractivity contribution in [3.8, 4) is 11.3 Å². The second kappa shape index (κ2) is 7.00. The average Bonchev–Trinajstić information content (AvgIpc) is 2.87. The molecule has 0 unspecified atom stereocenters. The Morgan fingerprint density at radius 2 is 1.80 bits per heavy atom. The van der Waals surface area contributed by atoms with Crippen LogP contribution in [-0.4, -0.2) is 17.6 Å². The Kier molecular flexibility index (Phi) is 5.32. The summed E-state index contributed by atoms with van der Waals surface area (Å²) < 4.78 is 0. The van der Waals surface area contributed by atoms with E-state index in [0.717, 1.165) is 18.7 Å². The number of hydrogen-bond donors (Lipinski definition) is 1. The summed E-state index contributed by atoms with van der Waals surface area (Å²) in [6, 6.07) is 9.32. The van der Waals surface area contributed by atoms with Gasteiger partial charge in [-0.2, -0.15) is 0 Å². The highest BCUT2D eigenvalue weighted by atomic mass is 32.1. The third kappa shape index (κ3) is 4.15. The van der Waals surface area contributed by atoms with Gasteiger partial charge in [0.15, 0.2) is 0 Å². The van der Waals surface area contributed by atoms with Crippen LogP contribution in [0.5, 0.6) is 0 Å². The van der Waals surface area contributed by atoms with Crippen molar-refractivity contribution in [1.29, 1.82) is 0 Å². The maximum absolute atomic E-state index is 4.73. The van der Waals surface area contributed by atoms with Gasteiger partial charge < -0.3 is 5.32 Å². The second-order valence-electron chi connectivity index (χ2n) is 5.76. The number of nitrogens with zero attached hydrogens (tertiary/aromatic N) is 1. The minimum absolute atomic E-state index is 0.540. The fraction of sp³-hybridized carbons (Fsp3) is 0.471. The SMILES string of the molecule is CC(C)NCCc1nc(-c2ccc(C(C)C)cc2)cs1. The first-order chi connectivity index (χ1) is 9.56. The van der Waals surface area contributed by atoms with Gasteiger partial charge in [0.25, 0.3) is 0 Å². The fourth-order valence-corrected chi connectivity index (χ4v) is 2.87. The normalized spacial score (nSPS) is 11.5. The Bertz CT molecular complexity index is 526. The molecule has 0 radical (unpaired) electrons. The Morgan fingerprint density at radius 1 is 1.10 bits per heavy atom. The Labute approximate surface area is 126 Å². The smallest absolute Gasteiger partial charge is 0.0945 e. The Balaban J connectivity index is 2.01. The molecule has 3 heteroatoms. The minimum Gasteiger partial charge on any atom is -0.314 e. The van der Waals surface area contributed by atoms with Crippen LogP contribution in [0.1, 0.15) is 44.2 Å². The molecule has 2 nitrogen and oxygen atoms in total. The first kappa shape index (κ1) is 15.2. The van der Waals surface area contributed by atoms with Gasteiger partial charge in [0.1, 0.15) is 0 Å². The van der Waals surface area contributed by atoms with Crippen LogP contribution in [0.15, 0.2) is 29.6 Å². The van der Waals surface area contributed by atoms with E-state index in [4.69, 9.17) is 4.98 Å². The summed E-state index contributed by atoms with van der Waals surface area (Å²) in [4.78, 5) is 4.73. The highest BCUT2D eigenvalue weighted by Gasteiger charge is 2.06. The van der Waals surface area contributed by atoms with Gasteiger partial charge in [0.2, 0.25) is 0 Å². The summed E-state index contributed by atoms with van der Waals surface area (Å²) in [7, 11) is 0. The number of benzene rings is 1. The third-order valence-corrected chi connectivity index (χ3v) is 4.22. The molecule has 1 N–H and O–H groups in total. The maximum Gasteiger partial charge on any atom is 0.0945 e. The van der Waals surface area contributed by atoms with Crippen molar-refractivity contribution in [2.75, 3.05) is 6.54 Å². The predicted octanol–water partition coefficient (Wildman–Crippen LogP) is 4.47. The van der Waals surface area contributed by atoms with Crippen molar-refractivity contribution in [1.82, 2.24) is 10.3 Å². The van der Waals surface area contributed by atoms with Crippen LogP contribution in [0.3, 0.4) is 0 Å². The van der Waals surface area contributed by atoms with Crippen LogP contribution >= 0.6 is 11.3 Å². The molecule has 0 aliphatic heterocycles. The van der Waals surface area contributed by atoms with E-state index in [9.17, 15) is 0 Å². The fourth-order valence-electron chi connectivity index (χ4n) is 2.06. The molecular formula is C17H24N2S. The largest absolute Gasteiger partial charge is 0.314 e. The van der Waals surface area contributed by atoms with Crippen molar-refractivity contribution >= 4 is 11.3 Å². The average molecular weight is 288 g/mol. The predicted molar refractivity (Wildman–Crippen MR) is 88.5 cm³/mol. The van der Waals surface area contributed by atoms with Gasteiger partial charge in [-0.05, 0) is 11.5 Å². The first-order valence-electron chi connectivity index (χ1n) is 7.34. The van der Waals surface area contributed by atoms with Gasteiger partial charge in [0.05, 0.1) is 10.7 Å². The highest BCUT2D eigenvalue weighted by Crippen LogP contribution is 2.24. The van der Waals surface area contributed by atoms with Gasteiger partial charge in [0, 0.05) is 30.0 Å². The summed E-state index contributed by atoms with van der Waals surface area (Å²) in [5.74, 6) is 0.581. The monoisotopic (exact) mass is 288 g/mol. The molecule has 0 saturated carbocycles. The van der Waals surface area contributed by atoms with E-state index in [1.165, 1.54) is 16.1 Å². The molecule has 1 heterocycles.